The van der Waals surface area contributed by atoms with Crippen LogP contribution in [-0.4, -0.2) is 21.7 Å². The number of aliphatic hydroxyl groups excluding tert-OH is 1. The molecule has 1 heterocycles. The standard InChI is InChI=1S/C4H3FN2O2.C2H6O/c5-2-1-6-4(9)7-3(2)8;1-2-3/h1H,(H2,6,7,8,9);3H,2H2,1H3. The number of aliphatic hydroxyl groups is 1. The molecule has 0 aromatic carbocycles. The summed E-state index contributed by atoms with van der Waals surface area (Å²) >= 11 is 0. The van der Waals surface area contributed by atoms with Crippen LogP contribution in [0.25, 0.3) is 0 Å². The molecule has 0 fully saturated rings. The molecule has 0 unspecified atom stereocenters. The lowest BCUT2D eigenvalue weighted by atomic mass is 10.6. The third-order valence-electron chi connectivity index (χ3n) is 0.774. The zero-order chi connectivity index (χ0) is 9.56. The largest absolute Gasteiger partial charge is 0.397 e. The van der Waals surface area contributed by atoms with E-state index in [2.05, 4.69) is 0 Å². The molecule has 0 amide bonds. The molecule has 3 N–H and O–H groups in total. The van der Waals surface area contributed by atoms with Crippen molar-refractivity contribution in [2.75, 3.05) is 6.61 Å². The van der Waals surface area contributed by atoms with Crippen LogP contribution in [0.4, 0.5) is 4.39 Å². The van der Waals surface area contributed by atoms with Gasteiger partial charge >= 0.3 is 5.69 Å². The Bertz CT molecular complexity index is 330. The van der Waals surface area contributed by atoms with E-state index in [1.807, 2.05) is 4.98 Å². The number of hydrogen-bond donors (Lipinski definition) is 3. The zero-order valence-corrected chi connectivity index (χ0v) is 6.43. The van der Waals surface area contributed by atoms with Gasteiger partial charge in [0.2, 0.25) is 5.82 Å². The molecule has 1 aromatic heterocycles. The SMILES string of the molecule is CCO.O=c1[nH]cc(F)c(=O)[nH]1. The molecule has 1 aromatic rings. The van der Waals surface area contributed by atoms with Crippen LogP contribution in [0.2, 0.25) is 0 Å². The van der Waals surface area contributed by atoms with Gasteiger partial charge in [-0.25, -0.2) is 4.79 Å². The molecule has 0 saturated carbocycles. The summed E-state index contributed by atoms with van der Waals surface area (Å²) in [5, 5.41) is 7.57. The number of aromatic nitrogens is 2. The minimum absolute atomic E-state index is 0.250. The Balaban J connectivity index is 0.000000354. The molecule has 0 radical (unpaired) electrons. The first-order valence-electron chi connectivity index (χ1n) is 3.20. The molecular weight excluding hydrogens is 167 g/mol. The van der Waals surface area contributed by atoms with Crippen LogP contribution in [0.15, 0.2) is 15.8 Å². The molecule has 1 rings (SSSR count). The van der Waals surface area contributed by atoms with E-state index in [-0.39, 0.29) is 6.61 Å². The summed E-state index contributed by atoms with van der Waals surface area (Å²) in [4.78, 5) is 24.0. The van der Waals surface area contributed by atoms with Crippen molar-refractivity contribution in [2.24, 2.45) is 0 Å². The van der Waals surface area contributed by atoms with Crippen molar-refractivity contribution in [2.45, 2.75) is 6.92 Å². The molecular formula is C6H9FN2O3. The number of aromatic amines is 2. The van der Waals surface area contributed by atoms with Gasteiger partial charge in [0.05, 0.1) is 0 Å². The quantitative estimate of drug-likeness (QED) is 0.483. The third kappa shape index (κ3) is 3.67. The van der Waals surface area contributed by atoms with Crippen molar-refractivity contribution in [3.63, 3.8) is 0 Å². The highest BCUT2D eigenvalue weighted by molar-refractivity contribution is 4.83. The van der Waals surface area contributed by atoms with Crippen molar-refractivity contribution in [3.8, 4) is 0 Å². The summed E-state index contributed by atoms with van der Waals surface area (Å²) in [5.74, 6) is -0.991. The van der Waals surface area contributed by atoms with E-state index < -0.39 is 17.1 Å². The molecule has 12 heavy (non-hydrogen) atoms. The van der Waals surface area contributed by atoms with Crippen LogP contribution in [-0.2, 0) is 0 Å². The second kappa shape index (κ2) is 5.25. The Morgan fingerprint density at radius 1 is 1.58 bits per heavy atom. The van der Waals surface area contributed by atoms with Gasteiger partial charge in [0, 0.05) is 12.8 Å². The van der Waals surface area contributed by atoms with Gasteiger partial charge in [0.1, 0.15) is 0 Å². The second-order valence-corrected chi connectivity index (χ2v) is 1.74. The predicted molar refractivity (Wildman–Crippen MR) is 40.4 cm³/mol. The van der Waals surface area contributed by atoms with Crippen LogP contribution in [0.1, 0.15) is 6.92 Å². The van der Waals surface area contributed by atoms with E-state index in [4.69, 9.17) is 5.11 Å². The number of halogens is 1. The van der Waals surface area contributed by atoms with Gasteiger partial charge in [-0.1, -0.05) is 0 Å². The number of hydrogen-bond acceptors (Lipinski definition) is 3. The Labute approximate surface area is 66.9 Å². The third-order valence-corrected chi connectivity index (χ3v) is 0.774. The monoisotopic (exact) mass is 176 g/mol. The van der Waals surface area contributed by atoms with Crippen molar-refractivity contribution in [1.29, 1.82) is 0 Å². The molecule has 0 saturated heterocycles. The maximum atomic E-state index is 12.0. The summed E-state index contributed by atoms with van der Waals surface area (Å²) in [5.41, 5.74) is -1.71. The van der Waals surface area contributed by atoms with E-state index in [1.165, 1.54) is 0 Å². The average molecular weight is 176 g/mol. The lowest BCUT2D eigenvalue weighted by molar-refractivity contribution is 0.318. The van der Waals surface area contributed by atoms with Crippen molar-refractivity contribution >= 4 is 0 Å². The average Bonchev–Trinajstić information content (AvgIpc) is 1.99. The Kier molecular flexibility index (Phi) is 4.62. The first-order chi connectivity index (χ1) is 5.61. The first kappa shape index (κ1) is 10.6. The van der Waals surface area contributed by atoms with Gasteiger partial charge in [0.15, 0.2) is 0 Å². The van der Waals surface area contributed by atoms with E-state index >= 15 is 0 Å². The molecule has 0 aliphatic heterocycles. The van der Waals surface area contributed by atoms with Gasteiger partial charge in [-0.05, 0) is 6.92 Å². The van der Waals surface area contributed by atoms with Crippen molar-refractivity contribution < 1.29 is 9.50 Å². The topological polar surface area (TPSA) is 85.9 Å². The van der Waals surface area contributed by atoms with E-state index in [0.717, 1.165) is 0 Å². The highest BCUT2D eigenvalue weighted by atomic mass is 19.1. The molecule has 0 aliphatic carbocycles. The fourth-order valence-electron chi connectivity index (χ4n) is 0.393. The predicted octanol–water partition coefficient (Wildman–Crippen LogP) is -0.799. The van der Waals surface area contributed by atoms with Gasteiger partial charge in [-0.3, -0.25) is 9.78 Å². The minimum atomic E-state index is -1.00. The maximum Gasteiger partial charge on any atom is 0.325 e. The van der Waals surface area contributed by atoms with Gasteiger partial charge in [-0.15, -0.1) is 0 Å². The molecule has 0 aliphatic rings. The van der Waals surface area contributed by atoms with E-state index in [1.54, 1.807) is 11.9 Å². The molecule has 0 bridgehead atoms. The summed E-state index contributed by atoms with van der Waals surface area (Å²) in [6, 6.07) is 0. The van der Waals surface area contributed by atoms with Crippen LogP contribution in [0.3, 0.4) is 0 Å². The number of nitrogens with one attached hydrogen (secondary N) is 2. The van der Waals surface area contributed by atoms with Gasteiger partial charge in [-0.2, -0.15) is 4.39 Å². The molecule has 6 heteroatoms. The van der Waals surface area contributed by atoms with Crippen LogP contribution in [0.5, 0.6) is 0 Å². The van der Waals surface area contributed by atoms with Crippen LogP contribution >= 0.6 is 0 Å². The van der Waals surface area contributed by atoms with E-state index in [0.29, 0.717) is 6.20 Å². The Morgan fingerprint density at radius 2 is 2.08 bits per heavy atom. The smallest absolute Gasteiger partial charge is 0.325 e. The fourth-order valence-corrected chi connectivity index (χ4v) is 0.393. The molecule has 68 valence electrons. The first-order valence-corrected chi connectivity index (χ1v) is 3.20. The normalized spacial score (nSPS) is 8.58. The highest BCUT2D eigenvalue weighted by Gasteiger charge is 1.93. The maximum absolute atomic E-state index is 12.0. The van der Waals surface area contributed by atoms with Gasteiger partial charge < -0.3 is 10.1 Å². The number of H-pyrrole nitrogens is 2. The number of rotatable bonds is 0. The Morgan fingerprint density at radius 3 is 2.42 bits per heavy atom. The van der Waals surface area contributed by atoms with Crippen molar-refractivity contribution in [1.82, 2.24) is 9.97 Å². The highest BCUT2D eigenvalue weighted by Crippen LogP contribution is 1.74. The molecule has 5 nitrogen and oxygen atoms in total. The second-order valence-electron chi connectivity index (χ2n) is 1.74. The lowest BCUT2D eigenvalue weighted by Crippen LogP contribution is -2.23. The summed E-state index contributed by atoms with van der Waals surface area (Å²) in [7, 11) is 0. The van der Waals surface area contributed by atoms with Crippen LogP contribution < -0.4 is 11.2 Å². The summed E-state index contributed by atoms with van der Waals surface area (Å²) in [6.07, 6.45) is 0.709. The van der Waals surface area contributed by atoms with Gasteiger partial charge in [0.25, 0.3) is 5.56 Å². The minimum Gasteiger partial charge on any atom is -0.397 e. The van der Waals surface area contributed by atoms with E-state index in [9.17, 15) is 14.0 Å². The Hall–Kier alpha value is -1.43. The molecule has 0 spiro atoms. The van der Waals surface area contributed by atoms with Crippen molar-refractivity contribution in [3.05, 3.63) is 32.9 Å². The molecule has 0 atom stereocenters. The summed E-state index contributed by atoms with van der Waals surface area (Å²) in [6.45, 7) is 1.93. The zero-order valence-electron chi connectivity index (χ0n) is 6.43. The lowest BCUT2D eigenvalue weighted by Gasteiger charge is -1.81. The summed E-state index contributed by atoms with van der Waals surface area (Å²) < 4.78 is 12.0. The van der Waals surface area contributed by atoms with Crippen LogP contribution in [0, 0.1) is 5.82 Å². The fraction of sp³-hybridized carbons (Fsp3) is 0.333.